The van der Waals surface area contributed by atoms with E-state index in [1.54, 1.807) is 30.7 Å². The number of halogens is 1. The van der Waals surface area contributed by atoms with Crippen LogP contribution >= 0.6 is 11.3 Å². The van der Waals surface area contributed by atoms with E-state index in [-0.39, 0.29) is 18.1 Å². The van der Waals surface area contributed by atoms with Gasteiger partial charge in [0, 0.05) is 22.8 Å². The normalized spacial score (nSPS) is 13.9. The average Bonchev–Trinajstić information content (AvgIpc) is 3.40. The van der Waals surface area contributed by atoms with Crippen molar-refractivity contribution < 1.29 is 9.18 Å². The zero-order valence-electron chi connectivity index (χ0n) is 21.4. The van der Waals surface area contributed by atoms with E-state index >= 15 is 0 Å². The lowest BCUT2D eigenvalue weighted by molar-refractivity contribution is -0.117. The summed E-state index contributed by atoms with van der Waals surface area (Å²) in [6.45, 7) is 11.5. The Labute approximate surface area is 212 Å². The minimum Gasteiger partial charge on any atom is -0.298 e. The molecule has 2 aromatic heterocycles. The van der Waals surface area contributed by atoms with Crippen LogP contribution in [0.25, 0.3) is 11.4 Å². The molecule has 35 heavy (non-hydrogen) atoms. The van der Waals surface area contributed by atoms with Gasteiger partial charge in [0.25, 0.3) is 0 Å². The molecule has 0 bridgehead atoms. The number of Topliss-reactive ketones (excluding diaryl/α,β-unsaturated/α-hetero) is 1. The summed E-state index contributed by atoms with van der Waals surface area (Å²) >= 11 is 1.82. The van der Waals surface area contributed by atoms with Crippen LogP contribution in [0.5, 0.6) is 0 Å². The van der Waals surface area contributed by atoms with Crippen molar-refractivity contribution in [3.8, 4) is 11.4 Å². The maximum Gasteiger partial charge on any atom is 0.181 e. The summed E-state index contributed by atoms with van der Waals surface area (Å²) < 4.78 is 15.2. The van der Waals surface area contributed by atoms with Gasteiger partial charge in [0.2, 0.25) is 0 Å². The second-order valence-electron chi connectivity index (χ2n) is 9.30. The molecule has 0 atom stereocenters. The number of hydrogen-bond donors (Lipinski definition) is 0. The first-order chi connectivity index (χ1) is 16.8. The fourth-order valence-corrected chi connectivity index (χ4v) is 5.55. The first-order valence-electron chi connectivity index (χ1n) is 12.6. The van der Waals surface area contributed by atoms with Crippen molar-refractivity contribution in [3.05, 3.63) is 63.6 Å². The molecular formula is C28H37FN4OS. The molecular weight excluding hydrogens is 459 g/mol. The maximum absolute atomic E-state index is 13.5. The minimum absolute atomic E-state index is 0.0637. The number of nitrogens with zero attached hydrogens (tertiary/aromatic N) is 4. The van der Waals surface area contributed by atoms with Crippen LogP contribution in [0.1, 0.15) is 85.3 Å². The monoisotopic (exact) mass is 496 g/mol. The summed E-state index contributed by atoms with van der Waals surface area (Å²) in [6, 6.07) is 4.89. The van der Waals surface area contributed by atoms with Gasteiger partial charge in [-0.1, -0.05) is 38.7 Å². The molecule has 0 amide bonds. The Hall–Kier alpha value is -2.67. The van der Waals surface area contributed by atoms with Crippen molar-refractivity contribution in [2.24, 2.45) is 0 Å². The first kappa shape index (κ1) is 26.9. The molecule has 188 valence electrons. The molecule has 0 aliphatic heterocycles. The molecule has 7 heteroatoms. The highest BCUT2D eigenvalue weighted by Gasteiger charge is 2.23. The zero-order chi connectivity index (χ0) is 25.4. The molecule has 0 unspecified atom stereocenters. The van der Waals surface area contributed by atoms with Crippen molar-refractivity contribution in [1.29, 1.82) is 0 Å². The molecule has 5 nitrogen and oxygen atoms in total. The van der Waals surface area contributed by atoms with Crippen LogP contribution in [0.15, 0.2) is 30.9 Å². The third-order valence-electron chi connectivity index (χ3n) is 6.16. The second-order valence-corrected chi connectivity index (χ2v) is 10.6. The first-order valence-corrected chi connectivity index (χ1v) is 13.4. The lowest BCUT2D eigenvalue weighted by Gasteiger charge is -2.20. The minimum atomic E-state index is -0.232. The number of aryl methyl sites for hydroxylation is 3. The second kappa shape index (κ2) is 12.9. The Bertz CT molecular complexity index is 1140. The van der Waals surface area contributed by atoms with Gasteiger partial charge >= 0.3 is 0 Å². The van der Waals surface area contributed by atoms with Gasteiger partial charge in [-0.25, -0.2) is 19.0 Å². The van der Waals surface area contributed by atoms with Crippen LogP contribution in [0.4, 0.5) is 4.39 Å². The van der Waals surface area contributed by atoms with E-state index in [9.17, 15) is 9.18 Å². The van der Waals surface area contributed by atoms with Crippen LogP contribution in [0, 0.1) is 19.7 Å². The van der Waals surface area contributed by atoms with E-state index in [0.29, 0.717) is 17.3 Å². The smallest absolute Gasteiger partial charge is 0.181 e. The van der Waals surface area contributed by atoms with Gasteiger partial charge in [-0.15, -0.1) is 17.9 Å². The van der Waals surface area contributed by atoms with Gasteiger partial charge in [0.15, 0.2) is 11.6 Å². The fraction of sp³-hybridized carbons (Fsp3) is 0.500. The highest BCUT2D eigenvalue weighted by molar-refractivity contribution is 7.11. The predicted molar refractivity (Wildman–Crippen MR) is 141 cm³/mol. The molecule has 1 aliphatic rings. The van der Waals surface area contributed by atoms with E-state index < -0.39 is 0 Å². The molecule has 0 saturated heterocycles. The highest BCUT2D eigenvalue weighted by atomic mass is 32.1. The zero-order valence-corrected chi connectivity index (χ0v) is 22.3. The number of allylic oxidation sites excluding steroid dienone is 1. The van der Waals surface area contributed by atoms with E-state index in [4.69, 9.17) is 4.98 Å². The third-order valence-corrected chi connectivity index (χ3v) is 7.23. The lowest BCUT2D eigenvalue weighted by Crippen LogP contribution is -2.16. The molecule has 3 aromatic rings. The van der Waals surface area contributed by atoms with E-state index in [1.165, 1.54) is 47.3 Å². The van der Waals surface area contributed by atoms with Crippen LogP contribution in [0.3, 0.4) is 0 Å². The number of carbonyl (C=O) groups excluding carboxylic acids is 1. The number of benzene rings is 1. The van der Waals surface area contributed by atoms with Gasteiger partial charge in [0.05, 0.1) is 10.7 Å². The van der Waals surface area contributed by atoms with Gasteiger partial charge in [0.1, 0.15) is 18.2 Å². The summed E-state index contributed by atoms with van der Waals surface area (Å²) in [5.41, 5.74) is 2.60. The largest absolute Gasteiger partial charge is 0.298 e. The fourth-order valence-electron chi connectivity index (χ4n) is 4.48. The Morgan fingerprint density at radius 1 is 1.23 bits per heavy atom. The molecule has 1 aliphatic carbocycles. The Morgan fingerprint density at radius 3 is 2.60 bits per heavy atom. The number of ketones is 1. The topological polar surface area (TPSA) is 60.7 Å². The number of rotatable bonds is 8. The van der Waals surface area contributed by atoms with Crippen LogP contribution in [-0.4, -0.2) is 25.5 Å². The summed E-state index contributed by atoms with van der Waals surface area (Å²) in [7, 11) is 0. The van der Waals surface area contributed by atoms with E-state index in [1.807, 2.05) is 17.4 Å². The molecule has 4 rings (SSSR count). The quantitative estimate of drug-likeness (QED) is 0.310. The van der Waals surface area contributed by atoms with Crippen LogP contribution < -0.4 is 0 Å². The predicted octanol–water partition coefficient (Wildman–Crippen LogP) is 7.16. The molecule has 1 aromatic carbocycles. The van der Waals surface area contributed by atoms with Gasteiger partial charge in [-0.2, -0.15) is 5.10 Å². The number of hydrogen-bond acceptors (Lipinski definition) is 5. The van der Waals surface area contributed by atoms with Crippen molar-refractivity contribution in [3.63, 3.8) is 0 Å². The summed E-state index contributed by atoms with van der Waals surface area (Å²) in [6.07, 6.45) is 11.1. The Kier molecular flexibility index (Phi) is 9.90. The van der Waals surface area contributed by atoms with Crippen molar-refractivity contribution >= 4 is 17.1 Å². The van der Waals surface area contributed by atoms with Gasteiger partial charge in [-0.3, -0.25) is 4.79 Å². The van der Waals surface area contributed by atoms with Crippen molar-refractivity contribution in [2.75, 3.05) is 0 Å². The number of thiazole rings is 1. The molecule has 0 N–H and O–H groups in total. The number of aromatic nitrogens is 4. The molecule has 0 radical (unpaired) electrons. The Morgan fingerprint density at radius 2 is 1.97 bits per heavy atom. The van der Waals surface area contributed by atoms with Crippen LogP contribution in [-0.2, 0) is 24.2 Å². The molecule has 1 fully saturated rings. The Balaban J connectivity index is 0.000000241. The highest BCUT2D eigenvalue weighted by Crippen LogP contribution is 2.33. The molecule has 2 heterocycles. The van der Waals surface area contributed by atoms with Gasteiger partial charge < -0.3 is 0 Å². The van der Waals surface area contributed by atoms with Crippen molar-refractivity contribution in [2.45, 2.75) is 91.5 Å². The number of carbonyl (C=O) groups is 1. The summed E-state index contributed by atoms with van der Waals surface area (Å²) in [4.78, 5) is 22.2. The SMILES string of the molecule is C=CCc1nc(C)sc1CCC.CC(=O)Cn1nc(-c2ccc(F)c(C)c2)nc1C1CCCCC1. The summed E-state index contributed by atoms with van der Waals surface area (Å²) in [5, 5.41) is 5.71. The van der Waals surface area contributed by atoms with E-state index in [2.05, 4.69) is 30.5 Å². The van der Waals surface area contributed by atoms with Gasteiger partial charge in [-0.05, 0) is 63.8 Å². The van der Waals surface area contributed by atoms with Crippen molar-refractivity contribution in [1.82, 2.24) is 19.7 Å². The maximum atomic E-state index is 13.5. The van der Waals surface area contributed by atoms with E-state index in [0.717, 1.165) is 37.1 Å². The lowest BCUT2D eigenvalue weighted by atomic mass is 9.88. The van der Waals surface area contributed by atoms with Crippen LogP contribution in [0.2, 0.25) is 0 Å². The molecule has 1 saturated carbocycles. The standard InChI is InChI=1S/C18H22FN3O.C10H15NS/c1-12-10-15(8-9-16(12)19)17-20-18(14-6-4-3-5-7-14)22(21-17)11-13(2)23;1-4-6-9-10(7-5-2)12-8(3)11-9/h8-10,14H,3-7,11H2,1-2H3;4H,1,5-7H2,2-3H3. The molecule has 0 spiro atoms. The summed E-state index contributed by atoms with van der Waals surface area (Å²) in [5.74, 6) is 1.68. The third kappa shape index (κ3) is 7.40. The average molecular weight is 497 g/mol.